The number of esters is 1. The Bertz CT molecular complexity index is 825. The van der Waals surface area contributed by atoms with Gasteiger partial charge in [0.15, 0.2) is 27.9 Å². The lowest BCUT2D eigenvalue weighted by atomic mass is 10.2. The van der Waals surface area contributed by atoms with Crippen LogP contribution in [0, 0.1) is 0 Å². The Kier molecular flexibility index (Phi) is 6.94. The fraction of sp³-hybridized carbons (Fsp3) is 0.529. The van der Waals surface area contributed by atoms with E-state index in [-0.39, 0.29) is 39.6 Å². The molecular weight excluding hydrogens is 398 g/mol. The summed E-state index contributed by atoms with van der Waals surface area (Å²) in [6.45, 7) is 1.59. The van der Waals surface area contributed by atoms with Gasteiger partial charge >= 0.3 is 5.97 Å². The topological polar surface area (TPSA) is 99.2 Å². The Morgan fingerprint density at radius 3 is 2.48 bits per heavy atom. The Hall–Kier alpha value is -2.00. The molecule has 0 aromatic heterocycles. The van der Waals surface area contributed by atoms with Crippen LogP contribution in [0.4, 0.5) is 0 Å². The highest BCUT2D eigenvalue weighted by Gasteiger charge is 2.34. The Balaban J connectivity index is 2.04. The number of halogens is 1. The zero-order valence-corrected chi connectivity index (χ0v) is 16.9. The molecule has 10 heteroatoms. The molecule has 1 aliphatic rings. The number of ether oxygens (including phenoxy) is 3. The maximum absolute atomic E-state index is 12.4. The zero-order valence-electron chi connectivity index (χ0n) is 15.4. The highest BCUT2D eigenvalue weighted by molar-refractivity contribution is 7.91. The Morgan fingerprint density at radius 1 is 1.26 bits per heavy atom. The molecule has 8 nitrogen and oxygen atoms in total. The van der Waals surface area contributed by atoms with Crippen molar-refractivity contribution in [1.29, 1.82) is 0 Å². The quantitative estimate of drug-likeness (QED) is 0.618. The van der Waals surface area contributed by atoms with Crippen molar-refractivity contribution in [1.82, 2.24) is 4.90 Å². The minimum absolute atomic E-state index is 0.0609. The van der Waals surface area contributed by atoms with E-state index in [9.17, 15) is 18.0 Å². The zero-order chi connectivity index (χ0) is 20.2. The minimum Gasteiger partial charge on any atom is -0.493 e. The number of benzene rings is 1. The minimum atomic E-state index is -3.12. The van der Waals surface area contributed by atoms with Gasteiger partial charge in [-0.25, -0.2) is 13.2 Å². The Labute approximate surface area is 163 Å². The monoisotopic (exact) mass is 419 g/mol. The van der Waals surface area contributed by atoms with E-state index in [0.717, 1.165) is 0 Å². The van der Waals surface area contributed by atoms with E-state index < -0.39 is 28.3 Å². The predicted octanol–water partition coefficient (Wildman–Crippen LogP) is 1.55. The third-order valence-electron chi connectivity index (χ3n) is 4.31. The van der Waals surface area contributed by atoms with E-state index >= 15 is 0 Å². The molecule has 2 rings (SSSR count). The number of rotatable bonds is 7. The maximum atomic E-state index is 12.4. The summed E-state index contributed by atoms with van der Waals surface area (Å²) < 4.78 is 38.5. The van der Waals surface area contributed by atoms with Gasteiger partial charge in [-0.2, -0.15) is 0 Å². The van der Waals surface area contributed by atoms with E-state index in [1.165, 1.54) is 31.3 Å². The first kappa shape index (κ1) is 21.3. The first-order valence-electron chi connectivity index (χ1n) is 8.31. The standard InChI is InChI=1S/C17H22ClNO7S/c1-4-19(12-5-6-27(22,23)10-12)15(20)9-26-17(21)11-7-13(18)16(25-3)14(8-11)24-2/h7-8,12H,4-6,9-10H2,1-3H3. The van der Waals surface area contributed by atoms with Crippen molar-refractivity contribution in [3.8, 4) is 11.5 Å². The van der Waals surface area contributed by atoms with Crippen LogP contribution in [-0.2, 0) is 19.4 Å². The normalized spacial score (nSPS) is 18.0. The lowest BCUT2D eigenvalue weighted by molar-refractivity contribution is -0.136. The molecule has 0 aliphatic carbocycles. The van der Waals surface area contributed by atoms with Gasteiger partial charge in [-0.3, -0.25) is 4.79 Å². The summed E-state index contributed by atoms with van der Waals surface area (Å²) in [5.41, 5.74) is 0.108. The summed E-state index contributed by atoms with van der Waals surface area (Å²) >= 11 is 6.06. The number of nitrogens with zero attached hydrogens (tertiary/aromatic N) is 1. The molecule has 0 spiro atoms. The molecular formula is C17H22ClNO7S. The molecule has 1 heterocycles. The number of carbonyl (C=O) groups excluding carboxylic acids is 2. The van der Waals surface area contributed by atoms with Crippen LogP contribution in [0.3, 0.4) is 0 Å². The molecule has 1 aromatic rings. The molecule has 1 saturated heterocycles. The van der Waals surface area contributed by atoms with E-state index in [0.29, 0.717) is 13.0 Å². The van der Waals surface area contributed by atoms with Crippen molar-refractivity contribution >= 4 is 33.3 Å². The van der Waals surface area contributed by atoms with E-state index in [4.69, 9.17) is 25.8 Å². The van der Waals surface area contributed by atoms with Crippen LogP contribution in [0.2, 0.25) is 5.02 Å². The summed E-state index contributed by atoms with van der Waals surface area (Å²) in [7, 11) is -0.296. The molecule has 1 amide bonds. The summed E-state index contributed by atoms with van der Waals surface area (Å²) in [6.07, 6.45) is 0.390. The average Bonchev–Trinajstić information content (AvgIpc) is 2.98. The number of hydrogen-bond acceptors (Lipinski definition) is 7. The summed E-state index contributed by atoms with van der Waals surface area (Å²) in [6, 6.07) is 2.37. The third-order valence-corrected chi connectivity index (χ3v) is 6.34. The van der Waals surface area contributed by atoms with Crippen molar-refractivity contribution in [2.24, 2.45) is 0 Å². The van der Waals surface area contributed by atoms with Gasteiger partial charge in [0.25, 0.3) is 5.91 Å². The molecule has 0 radical (unpaired) electrons. The second-order valence-corrected chi connectivity index (χ2v) is 8.64. The second-order valence-electron chi connectivity index (χ2n) is 6.01. The van der Waals surface area contributed by atoms with E-state index in [1.54, 1.807) is 6.92 Å². The van der Waals surface area contributed by atoms with E-state index in [2.05, 4.69) is 0 Å². The van der Waals surface area contributed by atoms with Gasteiger partial charge in [-0.15, -0.1) is 0 Å². The predicted molar refractivity (Wildman–Crippen MR) is 99.3 cm³/mol. The first-order chi connectivity index (χ1) is 12.7. The lowest BCUT2D eigenvalue weighted by Gasteiger charge is -2.26. The van der Waals surface area contributed by atoms with Gasteiger partial charge in [0.1, 0.15) is 0 Å². The van der Waals surface area contributed by atoms with Crippen LogP contribution in [0.15, 0.2) is 12.1 Å². The number of likely N-dealkylation sites (N-methyl/N-ethyl adjacent to an activating group) is 1. The third kappa shape index (κ3) is 5.04. The van der Waals surface area contributed by atoms with Crippen molar-refractivity contribution in [2.75, 3.05) is 38.9 Å². The van der Waals surface area contributed by atoms with Crippen LogP contribution < -0.4 is 9.47 Å². The molecule has 0 bridgehead atoms. The van der Waals surface area contributed by atoms with Gasteiger partial charge in [-0.1, -0.05) is 11.6 Å². The fourth-order valence-electron chi connectivity index (χ4n) is 2.99. The largest absolute Gasteiger partial charge is 0.493 e. The van der Waals surface area contributed by atoms with Gasteiger partial charge in [0.05, 0.1) is 36.3 Å². The number of carbonyl (C=O) groups is 2. The summed E-state index contributed by atoms with van der Waals surface area (Å²) in [4.78, 5) is 26.1. The summed E-state index contributed by atoms with van der Waals surface area (Å²) in [5, 5.41) is 0.168. The summed E-state index contributed by atoms with van der Waals surface area (Å²) in [5.74, 6) is -0.654. The first-order valence-corrected chi connectivity index (χ1v) is 10.5. The van der Waals surface area contributed by atoms with Crippen molar-refractivity contribution in [2.45, 2.75) is 19.4 Å². The van der Waals surface area contributed by atoms with Gasteiger partial charge in [0, 0.05) is 12.6 Å². The van der Waals surface area contributed by atoms with Crippen LogP contribution >= 0.6 is 11.6 Å². The smallest absolute Gasteiger partial charge is 0.338 e. The molecule has 1 atom stereocenters. The second kappa shape index (κ2) is 8.79. The molecule has 27 heavy (non-hydrogen) atoms. The molecule has 1 aliphatic heterocycles. The highest BCUT2D eigenvalue weighted by Crippen LogP contribution is 2.36. The van der Waals surface area contributed by atoms with Crippen LogP contribution in [0.5, 0.6) is 11.5 Å². The van der Waals surface area contributed by atoms with Gasteiger partial charge in [-0.05, 0) is 25.5 Å². The van der Waals surface area contributed by atoms with E-state index in [1.807, 2.05) is 0 Å². The molecule has 0 saturated carbocycles. The van der Waals surface area contributed by atoms with Crippen molar-refractivity contribution in [3.05, 3.63) is 22.7 Å². The van der Waals surface area contributed by atoms with Crippen LogP contribution in [-0.4, -0.2) is 70.1 Å². The lowest BCUT2D eigenvalue weighted by Crippen LogP contribution is -2.43. The average molecular weight is 420 g/mol. The Morgan fingerprint density at radius 2 is 1.96 bits per heavy atom. The van der Waals surface area contributed by atoms with Crippen molar-refractivity contribution in [3.63, 3.8) is 0 Å². The maximum Gasteiger partial charge on any atom is 0.338 e. The molecule has 0 N–H and O–H groups in total. The van der Waals surface area contributed by atoms with Crippen LogP contribution in [0.1, 0.15) is 23.7 Å². The van der Waals surface area contributed by atoms with Crippen molar-refractivity contribution < 1.29 is 32.2 Å². The molecule has 1 fully saturated rings. The number of amides is 1. The molecule has 1 unspecified atom stereocenters. The SMILES string of the molecule is CCN(C(=O)COC(=O)c1cc(Cl)c(OC)c(OC)c1)C1CCS(=O)(=O)C1. The molecule has 1 aromatic carbocycles. The van der Waals surface area contributed by atoms with Gasteiger partial charge in [0.2, 0.25) is 0 Å². The number of sulfone groups is 1. The van der Waals surface area contributed by atoms with Gasteiger partial charge < -0.3 is 19.1 Å². The van der Waals surface area contributed by atoms with Crippen LogP contribution in [0.25, 0.3) is 0 Å². The number of methoxy groups -OCH3 is 2. The highest BCUT2D eigenvalue weighted by atomic mass is 35.5. The fourth-order valence-corrected chi connectivity index (χ4v) is 5.01. The number of hydrogen-bond donors (Lipinski definition) is 0. The molecule has 150 valence electrons.